The Kier molecular flexibility index (Phi) is 4.48. The fourth-order valence-electron chi connectivity index (χ4n) is 2.02. The van der Waals surface area contributed by atoms with Gasteiger partial charge in [0.2, 0.25) is 0 Å². The Morgan fingerprint density at radius 1 is 1.47 bits per heavy atom. The van der Waals surface area contributed by atoms with Gasteiger partial charge in [-0.15, -0.1) is 0 Å². The predicted octanol–water partition coefficient (Wildman–Crippen LogP) is 1.47. The van der Waals surface area contributed by atoms with E-state index in [9.17, 15) is 0 Å². The highest BCUT2D eigenvalue weighted by atomic mass is 16.5. The molecule has 0 spiro atoms. The van der Waals surface area contributed by atoms with Crippen LogP contribution in [0.4, 0.5) is 0 Å². The summed E-state index contributed by atoms with van der Waals surface area (Å²) in [6.45, 7) is 3.58. The topological polar surface area (TPSA) is 57.9 Å². The molecule has 1 aromatic heterocycles. The smallest absolute Gasteiger partial charge is 0.140 e. The number of ether oxygens (including phenoxy) is 1. The lowest BCUT2D eigenvalue weighted by Gasteiger charge is -2.22. The first kappa shape index (κ1) is 12.0. The van der Waals surface area contributed by atoms with E-state index in [2.05, 4.69) is 10.3 Å². The fraction of sp³-hybridized carbons (Fsp3) is 0.538. The first-order valence-corrected chi connectivity index (χ1v) is 6.02. The van der Waals surface area contributed by atoms with Crippen molar-refractivity contribution in [2.75, 3.05) is 19.7 Å². The summed E-state index contributed by atoms with van der Waals surface area (Å²) in [7, 11) is 0. The molecule has 90 valence electrons. The van der Waals surface area contributed by atoms with Gasteiger partial charge in [-0.2, -0.15) is 5.26 Å². The molecule has 0 amide bonds. The molecule has 1 aliphatic rings. The Hall–Kier alpha value is -1.44. The molecule has 1 aromatic rings. The van der Waals surface area contributed by atoms with Crippen LogP contribution in [0, 0.1) is 17.2 Å². The number of aromatic nitrogens is 1. The minimum absolute atomic E-state index is 0.452. The van der Waals surface area contributed by atoms with E-state index in [1.165, 1.54) is 12.8 Å². The van der Waals surface area contributed by atoms with Crippen molar-refractivity contribution in [3.05, 3.63) is 29.6 Å². The van der Waals surface area contributed by atoms with Crippen LogP contribution in [0.5, 0.6) is 0 Å². The maximum atomic E-state index is 8.73. The molecule has 4 nitrogen and oxygen atoms in total. The van der Waals surface area contributed by atoms with Gasteiger partial charge in [-0.25, -0.2) is 4.98 Å². The molecule has 1 aliphatic heterocycles. The average molecular weight is 231 g/mol. The third-order valence-corrected chi connectivity index (χ3v) is 3.02. The van der Waals surface area contributed by atoms with Crippen molar-refractivity contribution in [3.8, 4) is 6.07 Å². The molecule has 0 atom stereocenters. The van der Waals surface area contributed by atoms with Crippen molar-refractivity contribution in [2.24, 2.45) is 5.92 Å². The minimum atomic E-state index is 0.452. The van der Waals surface area contributed by atoms with Gasteiger partial charge in [0.15, 0.2) is 0 Å². The normalized spacial score (nSPS) is 16.6. The monoisotopic (exact) mass is 231 g/mol. The Labute approximate surface area is 102 Å². The van der Waals surface area contributed by atoms with E-state index in [0.717, 1.165) is 25.3 Å². The third-order valence-electron chi connectivity index (χ3n) is 3.02. The number of nitrogens with zero attached hydrogens (tertiary/aromatic N) is 2. The van der Waals surface area contributed by atoms with E-state index in [0.29, 0.717) is 18.2 Å². The molecule has 0 saturated carbocycles. The minimum Gasteiger partial charge on any atom is -0.376 e. The van der Waals surface area contributed by atoms with Crippen LogP contribution in [0.3, 0.4) is 0 Å². The summed E-state index contributed by atoms with van der Waals surface area (Å²) in [6, 6.07) is 5.70. The zero-order valence-electron chi connectivity index (χ0n) is 9.85. The number of pyridine rings is 1. The van der Waals surface area contributed by atoms with Crippen LogP contribution in [-0.2, 0) is 11.3 Å². The quantitative estimate of drug-likeness (QED) is 0.852. The van der Waals surface area contributed by atoms with Gasteiger partial charge >= 0.3 is 0 Å². The van der Waals surface area contributed by atoms with Crippen LogP contribution in [0.2, 0.25) is 0 Å². The van der Waals surface area contributed by atoms with E-state index >= 15 is 0 Å². The van der Waals surface area contributed by atoms with Gasteiger partial charge in [0.05, 0.1) is 6.61 Å². The van der Waals surface area contributed by atoms with E-state index in [1.54, 1.807) is 12.3 Å². The van der Waals surface area contributed by atoms with Crippen LogP contribution in [0.25, 0.3) is 0 Å². The summed E-state index contributed by atoms with van der Waals surface area (Å²) in [6.07, 6.45) is 4.04. The second-order valence-electron chi connectivity index (χ2n) is 4.37. The zero-order chi connectivity index (χ0) is 11.9. The summed E-state index contributed by atoms with van der Waals surface area (Å²) < 4.78 is 5.69. The van der Waals surface area contributed by atoms with Gasteiger partial charge in [0.25, 0.3) is 0 Å². The first-order valence-electron chi connectivity index (χ1n) is 6.02. The summed E-state index contributed by atoms with van der Waals surface area (Å²) >= 11 is 0. The summed E-state index contributed by atoms with van der Waals surface area (Å²) in [5, 5.41) is 12.1. The molecular formula is C13H17N3O. The molecule has 2 rings (SSSR count). The van der Waals surface area contributed by atoms with Crippen LogP contribution in [-0.4, -0.2) is 24.7 Å². The van der Waals surface area contributed by atoms with Gasteiger partial charge < -0.3 is 10.1 Å². The lowest BCUT2D eigenvalue weighted by Crippen LogP contribution is -2.29. The molecule has 1 fully saturated rings. The Bertz CT molecular complexity index is 394. The molecule has 1 N–H and O–H groups in total. The summed E-state index contributed by atoms with van der Waals surface area (Å²) in [5.74, 6) is 0.675. The summed E-state index contributed by atoms with van der Waals surface area (Å²) in [5.41, 5.74) is 1.47. The van der Waals surface area contributed by atoms with Crippen LogP contribution >= 0.6 is 0 Å². The molecule has 1 saturated heterocycles. The van der Waals surface area contributed by atoms with Gasteiger partial charge in [0.1, 0.15) is 11.8 Å². The number of rotatable bonds is 4. The zero-order valence-corrected chi connectivity index (χ0v) is 9.85. The lowest BCUT2D eigenvalue weighted by atomic mass is 9.99. The maximum Gasteiger partial charge on any atom is 0.140 e. The highest BCUT2D eigenvalue weighted by Crippen LogP contribution is 2.13. The first-order chi connectivity index (χ1) is 8.38. The van der Waals surface area contributed by atoms with E-state index in [4.69, 9.17) is 10.00 Å². The molecule has 2 heterocycles. The van der Waals surface area contributed by atoms with Crippen LogP contribution in [0.15, 0.2) is 18.3 Å². The van der Waals surface area contributed by atoms with Crippen molar-refractivity contribution in [3.63, 3.8) is 0 Å². The number of nitriles is 1. The van der Waals surface area contributed by atoms with Crippen molar-refractivity contribution in [1.82, 2.24) is 10.3 Å². The number of piperidine rings is 1. The van der Waals surface area contributed by atoms with Crippen LogP contribution in [0.1, 0.15) is 24.1 Å². The number of nitrogens with one attached hydrogen (secondary N) is 1. The van der Waals surface area contributed by atoms with Gasteiger partial charge in [0, 0.05) is 12.8 Å². The Morgan fingerprint density at radius 3 is 3.06 bits per heavy atom. The molecule has 0 bridgehead atoms. The molecule has 0 aliphatic carbocycles. The molecule has 4 heteroatoms. The van der Waals surface area contributed by atoms with Crippen molar-refractivity contribution in [2.45, 2.75) is 19.4 Å². The molecule has 0 aromatic carbocycles. The summed E-state index contributed by atoms with van der Waals surface area (Å²) in [4.78, 5) is 3.93. The Balaban J connectivity index is 1.75. The standard InChI is InChI=1S/C13H17N3O/c14-8-13-7-12(3-6-16-13)10-17-9-11-1-4-15-5-2-11/h3,6-7,11,15H,1-2,4-5,9-10H2. The predicted molar refractivity (Wildman–Crippen MR) is 64.2 cm³/mol. The van der Waals surface area contributed by atoms with Crippen molar-refractivity contribution < 1.29 is 4.74 Å². The van der Waals surface area contributed by atoms with Crippen LogP contribution < -0.4 is 5.32 Å². The van der Waals surface area contributed by atoms with Crippen molar-refractivity contribution >= 4 is 0 Å². The third kappa shape index (κ3) is 3.81. The SMILES string of the molecule is N#Cc1cc(COCC2CCNCC2)ccn1. The highest BCUT2D eigenvalue weighted by molar-refractivity contribution is 5.24. The van der Waals surface area contributed by atoms with Crippen molar-refractivity contribution in [1.29, 1.82) is 5.26 Å². The van der Waals surface area contributed by atoms with Gasteiger partial charge in [-0.1, -0.05) is 0 Å². The molecule has 17 heavy (non-hydrogen) atoms. The van der Waals surface area contributed by atoms with Gasteiger partial charge in [-0.05, 0) is 49.5 Å². The van der Waals surface area contributed by atoms with Gasteiger partial charge in [-0.3, -0.25) is 0 Å². The lowest BCUT2D eigenvalue weighted by molar-refractivity contribution is 0.0763. The highest BCUT2D eigenvalue weighted by Gasteiger charge is 2.12. The van der Waals surface area contributed by atoms with E-state index < -0.39 is 0 Å². The average Bonchev–Trinajstić information content (AvgIpc) is 2.40. The largest absolute Gasteiger partial charge is 0.376 e. The van der Waals surface area contributed by atoms with E-state index in [1.807, 2.05) is 12.1 Å². The van der Waals surface area contributed by atoms with E-state index in [-0.39, 0.29) is 0 Å². The fourth-order valence-corrected chi connectivity index (χ4v) is 2.02. The Morgan fingerprint density at radius 2 is 2.29 bits per heavy atom. The maximum absolute atomic E-state index is 8.73. The number of hydrogen-bond acceptors (Lipinski definition) is 4. The number of hydrogen-bond donors (Lipinski definition) is 1. The molecule has 0 unspecified atom stereocenters. The molecular weight excluding hydrogens is 214 g/mol. The molecule has 0 radical (unpaired) electrons. The second kappa shape index (κ2) is 6.33. The second-order valence-corrected chi connectivity index (χ2v) is 4.37.